The van der Waals surface area contributed by atoms with Crippen LogP contribution in [0.1, 0.15) is 25.7 Å². The van der Waals surface area contributed by atoms with Gasteiger partial charge in [0.15, 0.2) is 0 Å². The van der Waals surface area contributed by atoms with Crippen LogP contribution in [0.15, 0.2) is 0 Å². The third-order valence-electron chi connectivity index (χ3n) is 3.14. The fourth-order valence-corrected chi connectivity index (χ4v) is 2.93. The highest BCUT2D eigenvalue weighted by molar-refractivity contribution is 8.14. The largest absolute Gasteiger partial charge is 0.350 e. The van der Waals surface area contributed by atoms with Crippen molar-refractivity contribution in [3.8, 4) is 0 Å². The molecule has 0 aromatic rings. The fraction of sp³-hybridized carbons (Fsp3) is 0.800. The zero-order valence-corrected chi connectivity index (χ0v) is 9.89. The summed E-state index contributed by atoms with van der Waals surface area (Å²) >= 11 is 1.15. The molecule has 2 fully saturated rings. The topological polar surface area (TPSA) is 84.2 Å². The average Bonchev–Trinajstić information content (AvgIpc) is 2.68. The quantitative estimate of drug-likeness (QED) is 0.647. The van der Waals surface area contributed by atoms with Crippen LogP contribution in [0.25, 0.3) is 0 Å². The van der Waals surface area contributed by atoms with Crippen LogP contribution in [-0.4, -0.2) is 35.0 Å². The van der Waals surface area contributed by atoms with Crippen molar-refractivity contribution < 1.29 is 9.59 Å². The van der Waals surface area contributed by atoms with E-state index in [1.807, 2.05) is 0 Å². The van der Waals surface area contributed by atoms with Gasteiger partial charge in [-0.05, 0) is 12.8 Å². The van der Waals surface area contributed by atoms with Crippen LogP contribution in [0.4, 0.5) is 4.79 Å². The zero-order chi connectivity index (χ0) is 11.5. The molecule has 0 radical (unpaired) electrons. The Morgan fingerprint density at radius 3 is 2.81 bits per heavy atom. The van der Waals surface area contributed by atoms with E-state index in [9.17, 15) is 9.59 Å². The number of rotatable bonds is 2. The van der Waals surface area contributed by atoms with E-state index < -0.39 is 0 Å². The molecule has 1 aliphatic heterocycles. The second-order valence-corrected chi connectivity index (χ2v) is 5.35. The molecule has 6 heteroatoms. The van der Waals surface area contributed by atoms with Crippen LogP contribution in [-0.2, 0) is 4.79 Å². The van der Waals surface area contributed by atoms with Crippen LogP contribution in [0, 0.1) is 0 Å². The van der Waals surface area contributed by atoms with Gasteiger partial charge in [-0.1, -0.05) is 24.6 Å². The van der Waals surface area contributed by atoms with E-state index in [4.69, 9.17) is 5.73 Å². The van der Waals surface area contributed by atoms with E-state index in [0.717, 1.165) is 37.4 Å². The monoisotopic (exact) mass is 243 g/mol. The van der Waals surface area contributed by atoms with E-state index in [0.29, 0.717) is 5.75 Å². The second kappa shape index (κ2) is 5.05. The predicted octanol–water partition coefficient (Wildman–Crippen LogP) is 0.197. The molecule has 0 aromatic heterocycles. The first kappa shape index (κ1) is 11.7. The number of carbonyl (C=O) groups excluding carboxylic acids is 2. The number of amides is 2. The lowest BCUT2D eigenvalue weighted by Gasteiger charge is -2.30. The molecule has 4 N–H and O–H groups in total. The Bertz CT molecular complexity index is 298. The molecule has 1 saturated carbocycles. The van der Waals surface area contributed by atoms with Crippen LogP contribution in [0.5, 0.6) is 0 Å². The molecule has 2 aliphatic rings. The minimum absolute atomic E-state index is 0.0578. The van der Waals surface area contributed by atoms with Gasteiger partial charge in [-0.2, -0.15) is 0 Å². The molecule has 1 unspecified atom stereocenters. The smallest absolute Gasteiger partial charge is 0.279 e. The molecular formula is C10H17N3O2S. The molecule has 0 bridgehead atoms. The van der Waals surface area contributed by atoms with Gasteiger partial charge < -0.3 is 16.4 Å². The summed E-state index contributed by atoms with van der Waals surface area (Å²) in [5.74, 6) is 0.424. The summed E-state index contributed by atoms with van der Waals surface area (Å²) in [4.78, 5) is 22.8. The minimum Gasteiger partial charge on any atom is -0.350 e. The first-order valence-corrected chi connectivity index (χ1v) is 6.64. The SMILES string of the molecule is N[C@@H]1CCCC[C@H]1NC(=O)C1CSC(=O)N1. The maximum atomic E-state index is 11.8. The summed E-state index contributed by atoms with van der Waals surface area (Å²) in [6, 6.07) is -0.252. The molecule has 90 valence electrons. The summed E-state index contributed by atoms with van der Waals surface area (Å²) in [7, 11) is 0. The van der Waals surface area contributed by atoms with Crippen molar-refractivity contribution in [2.75, 3.05) is 5.75 Å². The van der Waals surface area contributed by atoms with Gasteiger partial charge in [-0.15, -0.1) is 0 Å². The van der Waals surface area contributed by atoms with E-state index in [1.165, 1.54) is 0 Å². The van der Waals surface area contributed by atoms with Crippen molar-refractivity contribution in [2.24, 2.45) is 5.73 Å². The van der Waals surface area contributed by atoms with Gasteiger partial charge in [0.1, 0.15) is 6.04 Å². The molecule has 1 saturated heterocycles. The van der Waals surface area contributed by atoms with Crippen LogP contribution < -0.4 is 16.4 Å². The van der Waals surface area contributed by atoms with Crippen molar-refractivity contribution in [2.45, 2.75) is 43.8 Å². The second-order valence-electron chi connectivity index (χ2n) is 4.36. The fourth-order valence-electron chi connectivity index (χ4n) is 2.15. The van der Waals surface area contributed by atoms with Crippen molar-refractivity contribution in [3.63, 3.8) is 0 Å². The normalized spacial score (nSPS) is 34.6. The Labute approximate surface area is 98.9 Å². The summed E-state index contributed by atoms with van der Waals surface area (Å²) in [6.07, 6.45) is 4.17. The lowest BCUT2D eigenvalue weighted by molar-refractivity contribution is -0.123. The summed E-state index contributed by atoms with van der Waals surface area (Å²) in [5, 5.41) is 5.45. The summed E-state index contributed by atoms with van der Waals surface area (Å²) in [6.45, 7) is 0. The maximum Gasteiger partial charge on any atom is 0.279 e. The molecule has 16 heavy (non-hydrogen) atoms. The van der Waals surface area contributed by atoms with Crippen LogP contribution in [0.2, 0.25) is 0 Å². The highest BCUT2D eigenvalue weighted by Gasteiger charge is 2.31. The standard InChI is InChI=1S/C10H17N3O2S/c11-6-3-1-2-4-7(6)12-9(14)8-5-16-10(15)13-8/h6-8H,1-5,11H2,(H,12,14)(H,13,15)/t6-,7-,8?/m1/s1. The molecule has 2 amide bonds. The van der Waals surface area contributed by atoms with Crippen molar-refractivity contribution in [1.29, 1.82) is 0 Å². The third-order valence-corrected chi connectivity index (χ3v) is 4.02. The molecule has 1 heterocycles. The predicted molar refractivity (Wildman–Crippen MR) is 63.2 cm³/mol. The first-order valence-electron chi connectivity index (χ1n) is 5.66. The molecule has 1 aliphatic carbocycles. The van der Waals surface area contributed by atoms with Crippen molar-refractivity contribution >= 4 is 22.9 Å². The molecule has 2 rings (SSSR count). The lowest BCUT2D eigenvalue weighted by Crippen LogP contribution is -2.54. The van der Waals surface area contributed by atoms with E-state index in [1.54, 1.807) is 0 Å². The van der Waals surface area contributed by atoms with E-state index in [2.05, 4.69) is 10.6 Å². The maximum absolute atomic E-state index is 11.8. The minimum atomic E-state index is -0.383. The number of thioether (sulfide) groups is 1. The van der Waals surface area contributed by atoms with Gasteiger partial charge in [-0.25, -0.2) is 0 Å². The number of carbonyl (C=O) groups is 2. The van der Waals surface area contributed by atoms with Crippen molar-refractivity contribution in [3.05, 3.63) is 0 Å². The Morgan fingerprint density at radius 1 is 1.44 bits per heavy atom. The zero-order valence-electron chi connectivity index (χ0n) is 9.07. The van der Waals surface area contributed by atoms with Gasteiger partial charge in [0.2, 0.25) is 5.91 Å². The first-order chi connectivity index (χ1) is 7.66. The van der Waals surface area contributed by atoms with Gasteiger partial charge in [0, 0.05) is 17.8 Å². The highest BCUT2D eigenvalue weighted by Crippen LogP contribution is 2.18. The Morgan fingerprint density at radius 2 is 2.19 bits per heavy atom. The summed E-state index contributed by atoms with van der Waals surface area (Å²) in [5.41, 5.74) is 5.95. The lowest BCUT2D eigenvalue weighted by atomic mass is 9.91. The van der Waals surface area contributed by atoms with Crippen LogP contribution >= 0.6 is 11.8 Å². The van der Waals surface area contributed by atoms with Gasteiger partial charge in [0.05, 0.1) is 0 Å². The average molecular weight is 243 g/mol. The number of hydrogen-bond acceptors (Lipinski definition) is 4. The summed E-state index contributed by atoms with van der Waals surface area (Å²) < 4.78 is 0. The van der Waals surface area contributed by atoms with Crippen LogP contribution in [0.3, 0.4) is 0 Å². The molecule has 0 aromatic carbocycles. The molecule has 3 atom stereocenters. The molecular weight excluding hydrogens is 226 g/mol. The Kier molecular flexibility index (Phi) is 3.70. The number of nitrogens with one attached hydrogen (secondary N) is 2. The molecule has 0 spiro atoms. The Hall–Kier alpha value is -0.750. The number of hydrogen-bond donors (Lipinski definition) is 3. The Balaban J connectivity index is 1.84. The van der Waals surface area contributed by atoms with E-state index in [-0.39, 0.29) is 29.3 Å². The number of nitrogens with two attached hydrogens (primary N) is 1. The van der Waals surface area contributed by atoms with Crippen molar-refractivity contribution in [1.82, 2.24) is 10.6 Å². The van der Waals surface area contributed by atoms with Gasteiger partial charge >= 0.3 is 0 Å². The van der Waals surface area contributed by atoms with E-state index >= 15 is 0 Å². The molecule has 5 nitrogen and oxygen atoms in total. The van der Waals surface area contributed by atoms with Gasteiger partial charge in [0.25, 0.3) is 5.24 Å². The highest BCUT2D eigenvalue weighted by atomic mass is 32.2. The third kappa shape index (κ3) is 2.68. The van der Waals surface area contributed by atoms with Gasteiger partial charge in [-0.3, -0.25) is 9.59 Å².